The lowest BCUT2D eigenvalue weighted by Crippen LogP contribution is -2.04. The third kappa shape index (κ3) is 3.68. The quantitative estimate of drug-likeness (QED) is 0.900. The Morgan fingerprint density at radius 1 is 1.17 bits per heavy atom. The Bertz CT molecular complexity index is 485. The number of ether oxygens (including phenoxy) is 1. The van der Waals surface area contributed by atoms with E-state index < -0.39 is 0 Å². The SMILES string of the molecule is CNCc1ccc(OCc2cnc(Cl)cn2)cc1. The first-order chi connectivity index (χ1) is 8.78. The van der Waals surface area contributed by atoms with E-state index in [1.807, 2.05) is 31.3 Å². The van der Waals surface area contributed by atoms with Crippen LogP contribution in [0.5, 0.6) is 5.75 Å². The maximum absolute atomic E-state index is 5.66. The maximum Gasteiger partial charge on any atom is 0.147 e. The zero-order valence-electron chi connectivity index (χ0n) is 10.1. The lowest BCUT2D eigenvalue weighted by Gasteiger charge is -2.06. The number of aromatic nitrogens is 2. The molecule has 0 aliphatic carbocycles. The average molecular weight is 264 g/mol. The summed E-state index contributed by atoms with van der Waals surface area (Å²) in [7, 11) is 1.92. The zero-order valence-corrected chi connectivity index (χ0v) is 10.8. The van der Waals surface area contributed by atoms with Crippen LogP contribution in [0.4, 0.5) is 0 Å². The van der Waals surface area contributed by atoms with Crippen molar-refractivity contribution >= 4 is 11.6 Å². The molecule has 4 nitrogen and oxygen atoms in total. The number of nitrogens with zero attached hydrogens (tertiary/aromatic N) is 2. The van der Waals surface area contributed by atoms with Crippen LogP contribution in [0.15, 0.2) is 36.7 Å². The molecule has 0 radical (unpaired) electrons. The summed E-state index contributed by atoms with van der Waals surface area (Å²) in [4.78, 5) is 8.06. The van der Waals surface area contributed by atoms with Crippen molar-refractivity contribution < 1.29 is 4.74 Å². The van der Waals surface area contributed by atoms with Gasteiger partial charge in [0.05, 0.1) is 18.1 Å². The summed E-state index contributed by atoms with van der Waals surface area (Å²) in [5, 5.41) is 3.48. The minimum Gasteiger partial charge on any atom is -0.487 e. The van der Waals surface area contributed by atoms with Crippen LogP contribution in [-0.2, 0) is 13.2 Å². The largest absolute Gasteiger partial charge is 0.487 e. The van der Waals surface area contributed by atoms with Gasteiger partial charge in [0.2, 0.25) is 0 Å². The molecule has 2 aromatic rings. The number of rotatable bonds is 5. The summed E-state index contributed by atoms with van der Waals surface area (Å²) in [5.41, 5.74) is 1.97. The summed E-state index contributed by atoms with van der Waals surface area (Å²) in [6.45, 7) is 1.23. The molecular formula is C13H14ClN3O. The van der Waals surface area contributed by atoms with E-state index in [4.69, 9.17) is 16.3 Å². The molecule has 2 rings (SSSR count). The second-order valence-corrected chi connectivity index (χ2v) is 4.18. The molecule has 1 heterocycles. The smallest absolute Gasteiger partial charge is 0.147 e. The minimum absolute atomic E-state index is 0.384. The van der Waals surface area contributed by atoms with Gasteiger partial charge in [-0.15, -0.1) is 0 Å². The maximum atomic E-state index is 5.66. The van der Waals surface area contributed by atoms with Crippen molar-refractivity contribution in [1.29, 1.82) is 0 Å². The van der Waals surface area contributed by atoms with Gasteiger partial charge in [-0.3, -0.25) is 4.98 Å². The fourth-order valence-electron chi connectivity index (χ4n) is 1.48. The predicted molar refractivity (Wildman–Crippen MR) is 70.6 cm³/mol. The van der Waals surface area contributed by atoms with Crippen LogP contribution >= 0.6 is 11.6 Å². The lowest BCUT2D eigenvalue weighted by atomic mass is 10.2. The molecule has 0 atom stereocenters. The van der Waals surface area contributed by atoms with Crippen LogP contribution in [0.2, 0.25) is 5.15 Å². The molecule has 0 unspecified atom stereocenters. The Morgan fingerprint density at radius 2 is 1.94 bits per heavy atom. The topological polar surface area (TPSA) is 47.0 Å². The van der Waals surface area contributed by atoms with Crippen LogP contribution in [0, 0.1) is 0 Å². The van der Waals surface area contributed by atoms with Gasteiger partial charge in [0.15, 0.2) is 0 Å². The van der Waals surface area contributed by atoms with Gasteiger partial charge in [0.1, 0.15) is 17.5 Å². The average Bonchev–Trinajstić information content (AvgIpc) is 2.40. The molecule has 0 fully saturated rings. The Hall–Kier alpha value is -1.65. The Kier molecular flexibility index (Phi) is 4.50. The fourth-order valence-corrected chi connectivity index (χ4v) is 1.58. The monoisotopic (exact) mass is 263 g/mol. The van der Waals surface area contributed by atoms with Crippen molar-refractivity contribution in [2.45, 2.75) is 13.2 Å². The highest BCUT2D eigenvalue weighted by molar-refractivity contribution is 6.29. The second kappa shape index (κ2) is 6.33. The molecule has 18 heavy (non-hydrogen) atoms. The van der Waals surface area contributed by atoms with Gasteiger partial charge in [-0.25, -0.2) is 4.98 Å². The number of halogens is 1. The van der Waals surface area contributed by atoms with E-state index in [0.717, 1.165) is 18.0 Å². The van der Waals surface area contributed by atoms with Crippen molar-refractivity contribution in [3.8, 4) is 5.75 Å². The van der Waals surface area contributed by atoms with Crippen LogP contribution < -0.4 is 10.1 Å². The van der Waals surface area contributed by atoms with Gasteiger partial charge in [-0.05, 0) is 24.7 Å². The minimum atomic E-state index is 0.384. The molecule has 1 N–H and O–H groups in total. The third-order valence-corrected chi connectivity index (χ3v) is 2.56. The van der Waals surface area contributed by atoms with Gasteiger partial charge in [-0.2, -0.15) is 0 Å². The van der Waals surface area contributed by atoms with E-state index in [0.29, 0.717) is 11.8 Å². The summed E-state index contributed by atoms with van der Waals surface area (Å²) >= 11 is 5.66. The molecule has 0 aliphatic rings. The number of benzene rings is 1. The van der Waals surface area contributed by atoms with E-state index in [1.54, 1.807) is 6.20 Å². The number of hydrogen-bond donors (Lipinski definition) is 1. The molecule has 0 saturated carbocycles. The first-order valence-corrected chi connectivity index (χ1v) is 5.98. The predicted octanol–water partition coefficient (Wildman–Crippen LogP) is 2.43. The van der Waals surface area contributed by atoms with Crippen molar-refractivity contribution in [3.05, 3.63) is 53.1 Å². The molecule has 94 valence electrons. The molecule has 0 aliphatic heterocycles. The van der Waals surface area contributed by atoms with Crippen molar-refractivity contribution in [1.82, 2.24) is 15.3 Å². The summed E-state index contributed by atoms with van der Waals surface area (Å²) in [6.07, 6.45) is 3.12. The Labute approximate surface area is 111 Å². The van der Waals surface area contributed by atoms with Gasteiger partial charge in [0.25, 0.3) is 0 Å². The molecule has 0 spiro atoms. The van der Waals surface area contributed by atoms with Crippen LogP contribution in [0.1, 0.15) is 11.3 Å². The molecule has 0 amide bonds. The first kappa shape index (κ1) is 12.8. The molecule has 0 saturated heterocycles. The van der Waals surface area contributed by atoms with E-state index >= 15 is 0 Å². The highest BCUT2D eigenvalue weighted by atomic mass is 35.5. The number of nitrogens with one attached hydrogen (secondary N) is 1. The van der Waals surface area contributed by atoms with E-state index in [1.165, 1.54) is 11.8 Å². The summed E-state index contributed by atoms with van der Waals surface area (Å²) in [6, 6.07) is 7.94. The van der Waals surface area contributed by atoms with Gasteiger partial charge in [0, 0.05) is 6.54 Å². The first-order valence-electron chi connectivity index (χ1n) is 5.60. The zero-order chi connectivity index (χ0) is 12.8. The molecule has 1 aromatic carbocycles. The number of hydrogen-bond acceptors (Lipinski definition) is 4. The molecule has 0 bridgehead atoms. The van der Waals surface area contributed by atoms with Gasteiger partial charge >= 0.3 is 0 Å². The fraction of sp³-hybridized carbons (Fsp3) is 0.231. The summed E-state index contributed by atoms with van der Waals surface area (Å²) < 4.78 is 5.60. The van der Waals surface area contributed by atoms with E-state index in [9.17, 15) is 0 Å². The molecule has 5 heteroatoms. The van der Waals surface area contributed by atoms with E-state index in [2.05, 4.69) is 15.3 Å². The highest BCUT2D eigenvalue weighted by Crippen LogP contribution is 2.13. The standard InChI is InChI=1S/C13H14ClN3O/c1-15-6-10-2-4-12(5-3-10)18-9-11-7-17-13(14)8-16-11/h2-5,7-8,15H,6,9H2,1H3. The molecule has 1 aromatic heterocycles. The normalized spacial score (nSPS) is 10.3. The Morgan fingerprint density at radius 3 is 2.56 bits per heavy atom. The Balaban J connectivity index is 1.91. The summed E-state index contributed by atoms with van der Waals surface area (Å²) in [5.74, 6) is 0.812. The second-order valence-electron chi connectivity index (χ2n) is 3.79. The highest BCUT2D eigenvalue weighted by Gasteiger charge is 1.99. The van der Waals surface area contributed by atoms with Crippen molar-refractivity contribution in [2.24, 2.45) is 0 Å². The lowest BCUT2D eigenvalue weighted by molar-refractivity contribution is 0.300. The van der Waals surface area contributed by atoms with Gasteiger partial charge in [-0.1, -0.05) is 23.7 Å². The van der Waals surface area contributed by atoms with E-state index in [-0.39, 0.29) is 0 Å². The van der Waals surface area contributed by atoms with Gasteiger partial charge < -0.3 is 10.1 Å². The van der Waals surface area contributed by atoms with Crippen LogP contribution in [-0.4, -0.2) is 17.0 Å². The van der Waals surface area contributed by atoms with Crippen molar-refractivity contribution in [3.63, 3.8) is 0 Å². The molecular weight excluding hydrogens is 250 g/mol. The van der Waals surface area contributed by atoms with Crippen LogP contribution in [0.25, 0.3) is 0 Å². The van der Waals surface area contributed by atoms with Crippen LogP contribution in [0.3, 0.4) is 0 Å². The third-order valence-electron chi connectivity index (χ3n) is 2.36. The van der Waals surface area contributed by atoms with Crippen molar-refractivity contribution in [2.75, 3.05) is 7.05 Å².